The lowest BCUT2D eigenvalue weighted by molar-refractivity contribution is 0.0742. The first-order valence-corrected chi connectivity index (χ1v) is 10.3. The highest BCUT2D eigenvalue weighted by Crippen LogP contribution is 2.25. The van der Waals surface area contributed by atoms with Gasteiger partial charge in [0.25, 0.3) is 5.91 Å². The first-order valence-electron chi connectivity index (χ1n) is 8.79. The van der Waals surface area contributed by atoms with Gasteiger partial charge in [0.1, 0.15) is 11.6 Å². The standard InChI is InChI=1S/C18H20F2N4O4S/c1-12-21-15(11-16(22-12)28-2)23-7-9-24(10-8-23)17(25)13-5-3-4-6-14(13)29(26,27)18(19)20/h3-6,11,18H,7-10H2,1-2H3. The molecule has 0 bridgehead atoms. The minimum absolute atomic E-state index is 0.249. The van der Waals surface area contributed by atoms with Crippen LogP contribution in [0.1, 0.15) is 16.2 Å². The van der Waals surface area contributed by atoms with Gasteiger partial charge in [-0.2, -0.15) is 13.8 Å². The molecule has 0 aliphatic carbocycles. The second kappa shape index (κ2) is 8.27. The molecule has 1 aromatic carbocycles. The van der Waals surface area contributed by atoms with E-state index >= 15 is 0 Å². The zero-order chi connectivity index (χ0) is 21.2. The van der Waals surface area contributed by atoms with Crippen molar-refractivity contribution in [1.82, 2.24) is 14.9 Å². The van der Waals surface area contributed by atoms with Crippen molar-refractivity contribution in [2.75, 3.05) is 38.2 Å². The Morgan fingerprint density at radius 2 is 1.79 bits per heavy atom. The van der Waals surface area contributed by atoms with Crippen molar-refractivity contribution in [1.29, 1.82) is 0 Å². The summed E-state index contributed by atoms with van der Waals surface area (Å²) in [6.07, 6.45) is 0. The SMILES string of the molecule is COc1cc(N2CCN(C(=O)c3ccccc3S(=O)(=O)C(F)F)CC2)nc(C)n1. The number of anilines is 1. The fraction of sp³-hybridized carbons (Fsp3) is 0.389. The number of nitrogens with zero attached hydrogens (tertiary/aromatic N) is 4. The smallest absolute Gasteiger partial charge is 0.341 e. The minimum atomic E-state index is -4.88. The Hall–Kier alpha value is -2.82. The summed E-state index contributed by atoms with van der Waals surface area (Å²) in [7, 11) is -3.37. The minimum Gasteiger partial charge on any atom is -0.481 e. The maximum atomic E-state index is 13.0. The van der Waals surface area contributed by atoms with Gasteiger partial charge in [-0.3, -0.25) is 4.79 Å². The zero-order valence-corrected chi connectivity index (χ0v) is 16.7. The van der Waals surface area contributed by atoms with Gasteiger partial charge in [0.15, 0.2) is 0 Å². The Kier molecular flexibility index (Phi) is 5.96. The lowest BCUT2D eigenvalue weighted by Gasteiger charge is -2.35. The van der Waals surface area contributed by atoms with Crippen molar-refractivity contribution in [2.24, 2.45) is 0 Å². The molecule has 11 heteroatoms. The molecule has 2 aromatic rings. The van der Waals surface area contributed by atoms with Crippen LogP contribution < -0.4 is 9.64 Å². The zero-order valence-electron chi connectivity index (χ0n) is 15.9. The van der Waals surface area contributed by atoms with Crippen LogP contribution in [0.2, 0.25) is 0 Å². The molecule has 1 aliphatic rings. The van der Waals surface area contributed by atoms with Crippen LogP contribution in [0.5, 0.6) is 5.88 Å². The molecule has 0 spiro atoms. The number of aromatic nitrogens is 2. The summed E-state index contributed by atoms with van der Waals surface area (Å²) in [5.74, 6) is -2.56. The summed E-state index contributed by atoms with van der Waals surface area (Å²) in [5.41, 5.74) is -0.249. The summed E-state index contributed by atoms with van der Waals surface area (Å²) in [5, 5.41) is 0. The number of ether oxygens (including phenoxy) is 1. The van der Waals surface area contributed by atoms with Crippen molar-refractivity contribution in [3.05, 3.63) is 41.7 Å². The van der Waals surface area contributed by atoms with Gasteiger partial charge in [0.2, 0.25) is 15.7 Å². The normalized spacial score (nSPS) is 14.9. The van der Waals surface area contributed by atoms with Gasteiger partial charge in [0, 0.05) is 32.2 Å². The number of amides is 1. The maximum absolute atomic E-state index is 13.0. The lowest BCUT2D eigenvalue weighted by atomic mass is 10.2. The third kappa shape index (κ3) is 4.29. The van der Waals surface area contributed by atoms with Gasteiger partial charge in [-0.25, -0.2) is 13.4 Å². The van der Waals surface area contributed by atoms with Crippen molar-refractivity contribution < 1.29 is 26.7 Å². The Balaban J connectivity index is 1.77. The predicted octanol–water partition coefficient (Wildman–Crippen LogP) is 1.75. The van der Waals surface area contributed by atoms with Crippen LogP contribution >= 0.6 is 0 Å². The van der Waals surface area contributed by atoms with Crippen molar-refractivity contribution >= 4 is 21.6 Å². The van der Waals surface area contributed by atoms with E-state index in [0.29, 0.717) is 30.6 Å². The fourth-order valence-corrected chi connectivity index (χ4v) is 4.01. The summed E-state index contributed by atoms with van der Waals surface area (Å²) >= 11 is 0. The number of hydrogen-bond donors (Lipinski definition) is 0. The summed E-state index contributed by atoms with van der Waals surface area (Å²) in [6, 6.07) is 6.73. The largest absolute Gasteiger partial charge is 0.481 e. The monoisotopic (exact) mass is 426 g/mol. The topological polar surface area (TPSA) is 92.7 Å². The highest BCUT2D eigenvalue weighted by molar-refractivity contribution is 7.91. The molecular weight excluding hydrogens is 406 g/mol. The van der Waals surface area contributed by atoms with E-state index in [4.69, 9.17) is 4.74 Å². The molecule has 0 N–H and O–H groups in total. The number of piperazine rings is 1. The van der Waals surface area contributed by atoms with Gasteiger partial charge in [-0.05, 0) is 19.1 Å². The maximum Gasteiger partial charge on any atom is 0.341 e. The van der Waals surface area contributed by atoms with Crippen LogP contribution in [-0.2, 0) is 9.84 Å². The van der Waals surface area contributed by atoms with Gasteiger partial charge >= 0.3 is 5.76 Å². The Morgan fingerprint density at radius 3 is 2.41 bits per heavy atom. The summed E-state index contributed by atoms with van der Waals surface area (Å²) < 4.78 is 54.9. The molecule has 0 saturated carbocycles. The molecule has 1 fully saturated rings. The molecule has 0 atom stereocenters. The molecule has 156 valence electrons. The van der Waals surface area contributed by atoms with Gasteiger partial charge in [-0.1, -0.05) is 12.1 Å². The highest BCUT2D eigenvalue weighted by atomic mass is 32.2. The number of aryl methyl sites for hydroxylation is 1. The molecule has 1 saturated heterocycles. The molecule has 8 nitrogen and oxygen atoms in total. The van der Waals surface area contributed by atoms with Crippen LogP contribution in [0.3, 0.4) is 0 Å². The van der Waals surface area contributed by atoms with Gasteiger partial charge < -0.3 is 14.5 Å². The number of alkyl halides is 2. The third-order valence-electron chi connectivity index (χ3n) is 4.56. The molecular formula is C18H20F2N4O4S. The highest BCUT2D eigenvalue weighted by Gasteiger charge is 2.33. The van der Waals surface area contributed by atoms with Crippen LogP contribution in [0.25, 0.3) is 0 Å². The molecule has 1 aliphatic heterocycles. The number of methoxy groups -OCH3 is 1. The number of halogens is 2. The fourth-order valence-electron chi connectivity index (χ4n) is 3.09. The summed E-state index contributed by atoms with van der Waals surface area (Å²) in [4.78, 5) is 24.1. The van der Waals surface area contributed by atoms with E-state index in [-0.39, 0.29) is 18.7 Å². The van der Waals surface area contributed by atoms with Crippen molar-refractivity contribution in [3.8, 4) is 5.88 Å². The van der Waals surface area contributed by atoms with E-state index in [1.807, 2.05) is 4.90 Å². The Bertz CT molecular complexity index is 1010. The van der Waals surface area contributed by atoms with Crippen LogP contribution in [-0.4, -0.2) is 68.2 Å². The van der Waals surface area contributed by atoms with Crippen molar-refractivity contribution in [2.45, 2.75) is 17.6 Å². The molecule has 1 amide bonds. The molecule has 0 unspecified atom stereocenters. The lowest BCUT2D eigenvalue weighted by Crippen LogP contribution is -2.49. The Labute approximate surface area is 167 Å². The van der Waals surface area contributed by atoms with E-state index in [9.17, 15) is 22.0 Å². The van der Waals surface area contributed by atoms with E-state index in [2.05, 4.69) is 9.97 Å². The Morgan fingerprint density at radius 1 is 1.14 bits per heavy atom. The number of sulfone groups is 1. The average Bonchev–Trinajstić information content (AvgIpc) is 2.72. The second-order valence-corrected chi connectivity index (χ2v) is 8.28. The molecule has 1 aromatic heterocycles. The van der Waals surface area contributed by atoms with Gasteiger partial charge in [-0.15, -0.1) is 0 Å². The number of rotatable bonds is 5. The number of benzene rings is 1. The second-order valence-electron chi connectivity index (χ2n) is 6.40. The van der Waals surface area contributed by atoms with Crippen LogP contribution in [0.15, 0.2) is 35.2 Å². The van der Waals surface area contributed by atoms with Gasteiger partial charge in [0.05, 0.1) is 17.6 Å². The number of hydrogen-bond acceptors (Lipinski definition) is 7. The quantitative estimate of drug-likeness (QED) is 0.719. The third-order valence-corrected chi connectivity index (χ3v) is 6.00. The van der Waals surface area contributed by atoms with E-state index < -0.39 is 26.4 Å². The van der Waals surface area contributed by atoms with E-state index in [0.717, 1.165) is 6.07 Å². The first-order chi connectivity index (χ1) is 13.7. The van der Waals surface area contributed by atoms with E-state index in [1.165, 1.54) is 30.2 Å². The average molecular weight is 426 g/mol. The molecule has 29 heavy (non-hydrogen) atoms. The van der Waals surface area contributed by atoms with Crippen molar-refractivity contribution in [3.63, 3.8) is 0 Å². The predicted molar refractivity (Wildman–Crippen MR) is 101 cm³/mol. The molecule has 2 heterocycles. The number of carbonyl (C=O) groups is 1. The number of carbonyl (C=O) groups excluding carboxylic acids is 1. The molecule has 0 radical (unpaired) electrons. The van der Waals surface area contributed by atoms with Crippen LogP contribution in [0, 0.1) is 6.92 Å². The first kappa shape index (κ1) is 20.9. The van der Waals surface area contributed by atoms with Crippen LogP contribution in [0.4, 0.5) is 14.6 Å². The molecule has 3 rings (SSSR count). The summed E-state index contributed by atoms with van der Waals surface area (Å²) in [6.45, 7) is 3.19. The van der Waals surface area contributed by atoms with E-state index in [1.54, 1.807) is 13.0 Å².